The lowest BCUT2D eigenvalue weighted by Gasteiger charge is -1.94. The van der Waals surface area contributed by atoms with E-state index in [1.54, 1.807) is 23.9 Å². The Hall–Kier alpha value is -2.00. The van der Waals surface area contributed by atoms with E-state index >= 15 is 0 Å². The van der Waals surface area contributed by atoms with Crippen LogP contribution in [0.4, 0.5) is 5.69 Å². The lowest BCUT2D eigenvalue weighted by Crippen LogP contribution is -1.89. The van der Waals surface area contributed by atoms with Gasteiger partial charge in [0.1, 0.15) is 16.7 Å². The topological polar surface area (TPSA) is 60.1 Å². The predicted octanol–water partition coefficient (Wildman–Crippen LogP) is 0.936. The number of isocyanates is 1. The summed E-state index contributed by atoms with van der Waals surface area (Å²) in [6.45, 7) is 0. The highest BCUT2D eigenvalue weighted by Gasteiger charge is 2.05. The zero-order valence-electron chi connectivity index (χ0n) is 6.93. The summed E-state index contributed by atoms with van der Waals surface area (Å²) in [5.41, 5.74) is 2.00. The van der Waals surface area contributed by atoms with Gasteiger partial charge in [0.25, 0.3) is 0 Å². The summed E-state index contributed by atoms with van der Waals surface area (Å²) in [6.07, 6.45) is 1.50. The van der Waals surface area contributed by atoms with Gasteiger partial charge in [0.05, 0.1) is 0 Å². The van der Waals surface area contributed by atoms with Crippen molar-refractivity contribution in [3.63, 3.8) is 0 Å². The Labute approximate surface area is 73.7 Å². The molecule has 2 aromatic rings. The number of hydrogen-bond acceptors (Lipinski definition) is 4. The van der Waals surface area contributed by atoms with E-state index in [0.29, 0.717) is 5.69 Å². The first kappa shape index (κ1) is 7.64. The van der Waals surface area contributed by atoms with E-state index < -0.39 is 0 Å². The van der Waals surface area contributed by atoms with Crippen LogP contribution in [0.3, 0.4) is 0 Å². The zero-order valence-corrected chi connectivity index (χ0v) is 6.93. The van der Waals surface area contributed by atoms with Crippen LogP contribution in [0.1, 0.15) is 0 Å². The quantitative estimate of drug-likeness (QED) is 0.477. The maximum Gasteiger partial charge on any atom is 0.240 e. The highest BCUT2D eigenvalue weighted by Crippen LogP contribution is 2.22. The largest absolute Gasteiger partial charge is 0.245 e. The van der Waals surface area contributed by atoms with Crippen molar-refractivity contribution in [2.75, 3.05) is 0 Å². The minimum Gasteiger partial charge on any atom is -0.245 e. The summed E-state index contributed by atoms with van der Waals surface area (Å²) in [5.74, 6) is 0. The number of benzene rings is 1. The van der Waals surface area contributed by atoms with Crippen LogP contribution in [0.15, 0.2) is 23.2 Å². The Kier molecular flexibility index (Phi) is 1.65. The fraction of sp³-hybridized carbons (Fsp3) is 0.125. The molecule has 2 rings (SSSR count). The summed E-state index contributed by atoms with van der Waals surface area (Å²) in [5, 5.41) is 7.70. The molecule has 0 aliphatic heterocycles. The summed E-state index contributed by atoms with van der Waals surface area (Å²) in [7, 11) is 1.75. The SMILES string of the molecule is Cn1nnc2cccc(N=C=O)c21. The number of aromatic nitrogens is 3. The molecule has 0 N–H and O–H groups in total. The molecule has 0 bridgehead atoms. The summed E-state index contributed by atoms with van der Waals surface area (Å²) >= 11 is 0. The van der Waals surface area contributed by atoms with Gasteiger partial charge >= 0.3 is 0 Å². The number of nitrogens with zero attached hydrogens (tertiary/aromatic N) is 4. The van der Waals surface area contributed by atoms with E-state index in [4.69, 9.17) is 0 Å². The van der Waals surface area contributed by atoms with E-state index in [9.17, 15) is 4.79 Å². The first-order valence-electron chi connectivity index (χ1n) is 3.69. The van der Waals surface area contributed by atoms with Gasteiger partial charge in [-0.25, -0.2) is 9.48 Å². The van der Waals surface area contributed by atoms with Crippen LogP contribution in [-0.2, 0) is 11.8 Å². The van der Waals surface area contributed by atoms with Crippen molar-refractivity contribution < 1.29 is 4.79 Å². The Balaban J connectivity index is 2.87. The molecule has 13 heavy (non-hydrogen) atoms. The van der Waals surface area contributed by atoms with Gasteiger partial charge in [0.15, 0.2) is 0 Å². The highest BCUT2D eigenvalue weighted by molar-refractivity contribution is 5.86. The molecule has 0 saturated heterocycles. The molecule has 0 amide bonds. The second-order valence-electron chi connectivity index (χ2n) is 2.56. The number of para-hydroxylation sites is 1. The maximum absolute atomic E-state index is 10.1. The molecule has 0 aliphatic rings. The first-order valence-corrected chi connectivity index (χ1v) is 3.69. The molecule has 0 fully saturated rings. The van der Waals surface area contributed by atoms with Crippen LogP contribution in [0.2, 0.25) is 0 Å². The van der Waals surface area contributed by atoms with E-state index in [-0.39, 0.29) is 0 Å². The van der Waals surface area contributed by atoms with Gasteiger partial charge in [-0.3, -0.25) is 0 Å². The van der Waals surface area contributed by atoms with Crippen molar-refractivity contribution in [1.82, 2.24) is 15.0 Å². The van der Waals surface area contributed by atoms with Crippen LogP contribution in [0, 0.1) is 0 Å². The Bertz CT molecular complexity index is 496. The third-order valence-electron chi connectivity index (χ3n) is 1.77. The molecule has 64 valence electrons. The van der Waals surface area contributed by atoms with Gasteiger partial charge in [0, 0.05) is 7.05 Å². The molecular weight excluding hydrogens is 168 g/mol. The Morgan fingerprint density at radius 1 is 1.54 bits per heavy atom. The summed E-state index contributed by atoms with van der Waals surface area (Å²) < 4.78 is 1.57. The summed E-state index contributed by atoms with van der Waals surface area (Å²) in [6, 6.07) is 5.30. The Morgan fingerprint density at radius 3 is 3.15 bits per heavy atom. The van der Waals surface area contributed by atoms with Crippen molar-refractivity contribution in [3.05, 3.63) is 18.2 Å². The minimum absolute atomic E-state index is 0.542. The lowest BCUT2D eigenvalue weighted by atomic mass is 10.3. The highest BCUT2D eigenvalue weighted by atomic mass is 16.1. The monoisotopic (exact) mass is 174 g/mol. The van der Waals surface area contributed by atoms with Crippen LogP contribution in [-0.4, -0.2) is 21.1 Å². The number of carbonyl (C=O) groups excluding carboxylic acids is 1. The van der Waals surface area contributed by atoms with E-state index in [2.05, 4.69) is 15.3 Å². The molecule has 5 heteroatoms. The molecule has 1 aromatic heterocycles. The molecular formula is C8H6N4O. The predicted molar refractivity (Wildman–Crippen MR) is 46.3 cm³/mol. The molecule has 0 spiro atoms. The average molecular weight is 174 g/mol. The fourth-order valence-electron chi connectivity index (χ4n) is 1.23. The average Bonchev–Trinajstić information content (AvgIpc) is 2.50. The molecule has 0 saturated carbocycles. The van der Waals surface area contributed by atoms with Crippen molar-refractivity contribution in [2.24, 2.45) is 12.0 Å². The minimum atomic E-state index is 0.542. The van der Waals surface area contributed by atoms with Crippen molar-refractivity contribution >= 4 is 22.8 Å². The molecule has 1 heterocycles. The third-order valence-corrected chi connectivity index (χ3v) is 1.77. The van der Waals surface area contributed by atoms with Gasteiger partial charge in [-0.2, -0.15) is 4.99 Å². The summed E-state index contributed by atoms with van der Waals surface area (Å²) in [4.78, 5) is 13.7. The molecule has 0 unspecified atom stereocenters. The van der Waals surface area contributed by atoms with Gasteiger partial charge in [0.2, 0.25) is 6.08 Å². The van der Waals surface area contributed by atoms with Crippen molar-refractivity contribution in [3.8, 4) is 0 Å². The second kappa shape index (κ2) is 2.80. The molecule has 0 aliphatic carbocycles. The lowest BCUT2D eigenvalue weighted by molar-refractivity contribution is 0.565. The molecule has 0 atom stereocenters. The van der Waals surface area contributed by atoms with E-state index in [0.717, 1.165) is 11.0 Å². The zero-order chi connectivity index (χ0) is 9.26. The van der Waals surface area contributed by atoms with Gasteiger partial charge < -0.3 is 0 Å². The number of fused-ring (bicyclic) bond motifs is 1. The molecule has 0 radical (unpaired) electrons. The normalized spacial score (nSPS) is 9.92. The van der Waals surface area contributed by atoms with Gasteiger partial charge in [-0.1, -0.05) is 11.3 Å². The standard InChI is InChI=1S/C8H6N4O/c1-12-8-6(9-5-13)3-2-4-7(8)10-11-12/h2-4H,1H3. The van der Waals surface area contributed by atoms with Crippen LogP contribution in [0.25, 0.3) is 11.0 Å². The third kappa shape index (κ3) is 1.11. The van der Waals surface area contributed by atoms with E-state index in [1.807, 2.05) is 6.07 Å². The van der Waals surface area contributed by atoms with Crippen LogP contribution < -0.4 is 0 Å². The number of hydrogen-bond donors (Lipinski definition) is 0. The van der Waals surface area contributed by atoms with Gasteiger partial charge in [-0.05, 0) is 12.1 Å². The van der Waals surface area contributed by atoms with Crippen molar-refractivity contribution in [2.45, 2.75) is 0 Å². The Morgan fingerprint density at radius 2 is 2.38 bits per heavy atom. The number of rotatable bonds is 1. The number of aliphatic imine (C=N–C) groups is 1. The fourth-order valence-corrected chi connectivity index (χ4v) is 1.23. The first-order chi connectivity index (χ1) is 6.33. The molecule has 5 nitrogen and oxygen atoms in total. The second-order valence-corrected chi connectivity index (χ2v) is 2.56. The van der Waals surface area contributed by atoms with Crippen LogP contribution in [0.5, 0.6) is 0 Å². The number of aryl methyl sites for hydroxylation is 1. The molecule has 1 aromatic carbocycles. The smallest absolute Gasteiger partial charge is 0.240 e. The van der Waals surface area contributed by atoms with E-state index in [1.165, 1.54) is 6.08 Å². The van der Waals surface area contributed by atoms with Gasteiger partial charge in [-0.15, -0.1) is 5.10 Å². The van der Waals surface area contributed by atoms with Crippen molar-refractivity contribution in [1.29, 1.82) is 0 Å². The van der Waals surface area contributed by atoms with Crippen LogP contribution >= 0.6 is 0 Å². The maximum atomic E-state index is 10.1.